The first kappa shape index (κ1) is 20.0. The molecule has 2 heterocycles. The Bertz CT molecular complexity index is 623. The molecule has 0 bridgehead atoms. The van der Waals surface area contributed by atoms with Gasteiger partial charge in [0, 0.05) is 24.1 Å². The standard InChI is InChI=1S/C20H28F2N2O3/c1-15(2)24-14-18(26-19(24)25)10-13-23-11-8-17(9-12-23)20(21,27-22)16-6-4-3-5-7-16/h3-7,15,17-18H,8-14H2,1-2H3. The number of piperidine rings is 1. The molecule has 27 heavy (non-hydrogen) atoms. The first-order valence-electron chi connectivity index (χ1n) is 9.68. The molecule has 2 unspecified atom stereocenters. The second kappa shape index (κ2) is 8.52. The van der Waals surface area contributed by atoms with E-state index in [9.17, 15) is 9.32 Å². The van der Waals surface area contributed by atoms with Crippen molar-refractivity contribution in [3.05, 3.63) is 35.9 Å². The van der Waals surface area contributed by atoms with Crippen LogP contribution in [0.1, 0.15) is 38.7 Å². The molecule has 0 spiro atoms. The van der Waals surface area contributed by atoms with Crippen LogP contribution in [0.2, 0.25) is 0 Å². The SMILES string of the molecule is CC(C)N1CC(CCN2CCC(C(F)(OF)c3ccccc3)CC2)OC1=O. The van der Waals surface area contributed by atoms with Gasteiger partial charge in [-0.1, -0.05) is 30.3 Å². The smallest absolute Gasteiger partial charge is 0.410 e. The topological polar surface area (TPSA) is 42.0 Å². The van der Waals surface area contributed by atoms with Gasteiger partial charge in [0.1, 0.15) is 6.10 Å². The number of benzene rings is 1. The van der Waals surface area contributed by atoms with Crippen molar-refractivity contribution >= 4 is 6.09 Å². The van der Waals surface area contributed by atoms with Crippen LogP contribution in [0.25, 0.3) is 0 Å². The largest absolute Gasteiger partial charge is 0.444 e. The monoisotopic (exact) mass is 382 g/mol. The van der Waals surface area contributed by atoms with Crippen molar-refractivity contribution in [1.82, 2.24) is 9.80 Å². The summed E-state index contributed by atoms with van der Waals surface area (Å²) in [5, 5.41) is 0. The van der Waals surface area contributed by atoms with Crippen LogP contribution in [-0.4, -0.2) is 54.2 Å². The van der Waals surface area contributed by atoms with Crippen molar-refractivity contribution in [3.8, 4) is 0 Å². The van der Waals surface area contributed by atoms with Gasteiger partial charge < -0.3 is 14.5 Å². The zero-order valence-electron chi connectivity index (χ0n) is 15.9. The van der Waals surface area contributed by atoms with Crippen molar-refractivity contribution in [2.75, 3.05) is 26.2 Å². The molecule has 0 aliphatic carbocycles. The summed E-state index contributed by atoms with van der Waals surface area (Å²) in [6.07, 6.45) is 1.42. The molecule has 2 aliphatic rings. The first-order valence-corrected chi connectivity index (χ1v) is 9.68. The molecular weight excluding hydrogens is 354 g/mol. The lowest BCUT2D eigenvalue weighted by Crippen LogP contribution is -2.42. The molecule has 2 fully saturated rings. The van der Waals surface area contributed by atoms with Gasteiger partial charge in [0.15, 0.2) is 0 Å². The molecule has 1 amide bonds. The number of carbonyl (C=O) groups is 1. The van der Waals surface area contributed by atoms with Gasteiger partial charge >= 0.3 is 6.09 Å². The zero-order chi connectivity index (χ0) is 19.4. The van der Waals surface area contributed by atoms with Crippen molar-refractivity contribution in [2.24, 2.45) is 5.92 Å². The van der Waals surface area contributed by atoms with E-state index < -0.39 is 11.8 Å². The van der Waals surface area contributed by atoms with Crippen LogP contribution in [0, 0.1) is 5.92 Å². The second-order valence-electron chi connectivity index (χ2n) is 7.74. The molecule has 150 valence electrons. The zero-order valence-corrected chi connectivity index (χ0v) is 15.9. The van der Waals surface area contributed by atoms with E-state index in [2.05, 4.69) is 9.84 Å². The van der Waals surface area contributed by atoms with E-state index in [1.165, 1.54) is 0 Å². The average molecular weight is 382 g/mol. The summed E-state index contributed by atoms with van der Waals surface area (Å²) in [5.74, 6) is -2.92. The van der Waals surface area contributed by atoms with Crippen LogP contribution in [0.5, 0.6) is 0 Å². The number of rotatable bonds is 7. The molecule has 0 radical (unpaired) electrons. The predicted molar refractivity (Wildman–Crippen MR) is 97.3 cm³/mol. The molecule has 7 heteroatoms. The van der Waals surface area contributed by atoms with E-state index in [4.69, 9.17) is 4.74 Å². The molecule has 3 rings (SSSR count). The highest BCUT2D eigenvalue weighted by atomic mass is 19.3. The van der Waals surface area contributed by atoms with Crippen molar-refractivity contribution in [1.29, 1.82) is 0 Å². The minimum absolute atomic E-state index is 0.101. The minimum atomic E-state index is -2.40. The van der Waals surface area contributed by atoms with Crippen LogP contribution >= 0.6 is 0 Å². The number of carbonyl (C=O) groups excluding carboxylic acids is 1. The van der Waals surface area contributed by atoms with Crippen molar-refractivity contribution < 1.29 is 23.4 Å². The van der Waals surface area contributed by atoms with Crippen molar-refractivity contribution in [3.63, 3.8) is 0 Å². The molecule has 0 aromatic heterocycles. The van der Waals surface area contributed by atoms with E-state index >= 15 is 4.39 Å². The Labute approximate surface area is 159 Å². The Morgan fingerprint density at radius 3 is 2.48 bits per heavy atom. The minimum Gasteiger partial charge on any atom is -0.444 e. The van der Waals surface area contributed by atoms with Crippen LogP contribution in [-0.2, 0) is 15.5 Å². The second-order valence-corrected chi connectivity index (χ2v) is 7.74. The quantitative estimate of drug-likeness (QED) is 0.714. The third kappa shape index (κ3) is 4.41. The third-order valence-electron chi connectivity index (χ3n) is 5.69. The number of nitrogens with zero attached hydrogens (tertiary/aromatic N) is 2. The van der Waals surface area contributed by atoms with E-state index in [1.807, 2.05) is 13.8 Å². The maximum Gasteiger partial charge on any atom is 0.410 e. The molecule has 0 saturated carbocycles. The summed E-state index contributed by atoms with van der Waals surface area (Å²) in [7, 11) is 0. The Morgan fingerprint density at radius 1 is 1.26 bits per heavy atom. The maximum absolute atomic E-state index is 15.2. The maximum atomic E-state index is 15.2. The van der Waals surface area contributed by atoms with Gasteiger partial charge in [-0.2, -0.15) is 0 Å². The summed E-state index contributed by atoms with van der Waals surface area (Å²) >= 11 is 0. The molecule has 1 aromatic carbocycles. The molecule has 5 nitrogen and oxygen atoms in total. The lowest BCUT2D eigenvalue weighted by Gasteiger charge is -2.37. The fraction of sp³-hybridized carbons (Fsp3) is 0.650. The number of ether oxygens (including phenoxy) is 1. The number of likely N-dealkylation sites (tertiary alicyclic amines) is 1. The number of hydrogen-bond donors (Lipinski definition) is 0. The Kier molecular flexibility index (Phi) is 6.32. The van der Waals surface area contributed by atoms with E-state index in [-0.39, 0.29) is 23.8 Å². The van der Waals surface area contributed by atoms with Crippen LogP contribution in [0.4, 0.5) is 13.7 Å². The fourth-order valence-electron chi connectivity index (χ4n) is 3.98. The highest BCUT2D eigenvalue weighted by Gasteiger charge is 2.45. The van der Waals surface area contributed by atoms with Gasteiger partial charge in [0.25, 0.3) is 5.85 Å². The van der Waals surface area contributed by atoms with Crippen LogP contribution in [0.15, 0.2) is 30.3 Å². The average Bonchev–Trinajstić information content (AvgIpc) is 3.08. The Morgan fingerprint density at radius 2 is 1.93 bits per heavy atom. The van der Waals surface area contributed by atoms with Gasteiger partial charge in [0.2, 0.25) is 0 Å². The highest BCUT2D eigenvalue weighted by Crippen LogP contribution is 2.41. The summed E-state index contributed by atoms with van der Waals surface area (Å²) < 4.78 is 33.7. The summed E-state index contributed by atoms with van der Waals surface area (Å²) in [4.78, 5) is 19.6. The first-order chi connectivity index (χ1) is 12.9. The number of halogens is 2. The van der Waals surface area contributed by atoms with Gasteiger partial charge in [-0.3, -0.25) is 0 Å². The highest BCUT2D eigenvalue weighted by molar-refractivity contribution is 5.70. The number of alkyl halides is 1. The number of hydrogen-bond acceptors (Lipinski definition) is 4. The van der Waals surface area contributed by atoms with Gasteiger partial charge in [-0.05, 0) is 50.7 Å². The van der Waals surface area contributed by atoms with Crippen LogP contribution < -0.4 is 0 Å². The molecule has 0 N–H and O–H groups in total. The van der Waals surface area contributed by atoms with E-state index in [1.54, 1.807) is 35.2 Å². The Hall–Kier alpha value is -1.73. The molecule has 2 saturated heterocycles. The molecular formula is C20H28F2N2O3. The van der Waals surface area contributed by atoms with E-state index in [0.717, 1.165) is 13.0 Å². The lowest BCUT2D eigenvalue weighted by atomic mass is 9.85. The van der Waals surface area contributed by atoms with E-state index in [0.29, 0.717) is 32.5 Å². The fourth-order valence-corrected chi connectivity index (χ4v) is 3.98. The van der Waals surface area contributed by atoms with Crippen LogP contribution in [0.3, 0.4) is 0 Å². The van der Waals surface area contributed by atoms with Gasteiger partial charge in [-0.25, -0.2) is 9.18 Å². The normalized spacial score (nSPS) is 24.3. The Balaban J connectivity index is 1.48. The summed E-state index contributed by atoms with van der Waals surface area (Å²) in [6.45, 7) is 6.67. The lowest BCUT2D eigenvalue weighted by molar-refractivity contribution is -0.328. The van der Waals surface area contributed by atoms with Crippen molar-refractivity contribution in [2.45, 2.75) is 51.1 Å². The predicted octanol–water partition coefficient (Wildman–Crippen LogP) is 4.04. The summed E-state index contributed by atoms with van der Waals surface area (Å²) in [6, 6.07) is 8.38. The summed E-state index contributed by atoms with van der Waals surface area (Å²) in [5.41, 5.74) is 0.220. The molecule has 2 aliphatic heterocycles. The third-order valence-corrected chi connectivity index (χ3v) is 5.69. The number of cyclic esters (lactones) is 1. The van der Waals surface area contributed by atoms with Gasteiger partial charge in [-0.15, -0.1) is 4.94 Å². The van der Waals surface area contributed by atoms with Gasteiger partial charge in [0.05, 0.1) is 6.54 Å². The molecule has 2 atom stereocenters. The number of amides is 1. The molecule has 1 aromatic rings.